The van der Waals surface area contributed by atoms with E-state index >= 15 is 0 Å². The minimum Gasteiger partial charge on any atom is -0.171 e. The molecule has 0 heterocycles. The monoisotopic (exact) mass is 412 g/mol. The van der Waals surface area contributed by atoms with Gasteiger partial charge in [-0.2, -0.15) is 13.2 Å². The van der Waals surface area contributed by atoms with Crippen LogP contribution in [0.2, 0.25) is 0 Å². The van der Waals surface area contributed by atoms with Crippen LogP contribution in [0.25, 0.3) is 0 Å². The van der Waals surface area contributed by atoms with Gasteiger partial charge in [0.25, 0.3) is 0 Å². The molecular formula is C21H24BrF3. The van der Waals surface area contributed by atoms with Gasteiger partial charge in [0.05, 0.1) is 0 Å². The van der Waals surface area contributed by atoms with Crippen molar-refractivity contribution in [3.8, 4) is 11.8 Å². The fraction of sp³-hybridized carbons (Fsp3) is 0.524. The van der Waals surface area contributed by atoms with Crippen LogP contribution in [0, 0.1) is 23.7 Å². The summed E-state index contributed by atoms with van der Waals surface area (Å²) in [6.45, 7) is 0. The number of hydrogen-bond donors (Lipinski definition) is 0. The molecule has 0 atom stereocenters. The molecule has 0 aromatic heterocycles. The third kappa shape index (κ3) is 8.14. The van der Waals surface area contributed by atoms with E-state index in [0.717, 1.165) is 24.0 Å². The van der Waals surface area contributed by atoms with Gasteiger partial charge < -0.3 is 0 Å². The zero-order valence-corrected chi connectivity index (χ0v) is 15.9. The van der Waals surface area contributed by atoms with E-state index in [4.69, 9.17) is 0 Å². The third-order valence-corrected chi connectivity index (χ3v) is 4.97. The molecule has 0 N–H and O–H groups in total. The van der Waals surface area contributed by atoms with Gasteiger partial charge in [-0.1, -0.05) is 46.0 Å². The van der Waals surface area contributed by atoms with Crippen LogP contribution in [0.3, 0.4) is 0 Å². The molecule has 4 heteroatoms. The summed E-state index contributed by atoms with van der Waals surface area (Å²) in [4.78, 5) is 1.95. The highest BCUT2D eigenvalue weighted by atomic mass is 79.9. The number of aryl methyl sites for hydroxylation is 1. The molecule has 1 aromatic carbocycles. The predicted molar refractivity (Wildman–Crippen MR) is 100 cm³/mol. The molecule has 1 aliphatic rings. The molecule has 0 radical (unpaired) electrons. The van der Waals surface area contributed by atoms with Crippen molar-refractivity contribution in [3.05, 3.63) is 46.5 Å². The molecule has 0 nitrogen and oxygen atoms in total. The highest BCUT2D eigenvalue weighted by Gasteiger charge is 2.25. The summed E-state index contributed by atoms with van der Waals surface area (Å²) in [5, 5.41) is 0. The average Bonchev–Trinajstić information content (AvgIpc) is 2.59. The highest BCUT2D eigenvalue weighted by Crippen LogP contribution is 2.29. The molecule has 0 unspecified atom stereocenters. The maximum atomic E-state index is 12.1. The van der Waals surface area contributed by atoms with Gasteiger partial charge in [0, 0.05) is 17.9 Å². The first-order chi connectivity index (χ1) is 12.0. The van der Waals surface area contributed by atoms with E-state index in [9.17, 15) is 13.2 Å². The molecule has 0 spiro atoms. The van der Waals surface area contributed by atoms with Crippen LogP contribution < -0.4 is 0 Å². The van der Waals surface area contributed by atoms with Crippen LogP contribution in [-0.2, 0) is 6.42 Å². The zero-order valence-electron chi connectivity index (χ0n) is 14.3. The summed E-state index contributed by atoms with van der Waals surface area (Å²) in [5.74, 6) is 7.78. The molecular weight excluding hydrogens is 389 g/mol. The summed E-state index contributed by atoms with van der Waals surface area (Å²) in [7, 11) is 0. The summed E-state index contributed by atoms with van der Waals surface area (Å²) in [5.41, 5.74) is 2.07. The Hall–Kier alpha value is -1.21. The molecule has 25 heavy (non-hydrogen) atoms. The average molecular weight is 413 g/mol. The Morgan fingerprint density at radius 2 is 1.72 bits per heavy atom. The molecule has 0 saturated heterocycles. The molecule has 1 aromatic rings. The molecule has 0 bridgehead atoms. The second-order valence-electron chi connectivity index (χ2n) is 6.72. The van der Waals surface area contributed by atoms with Gasteiger partial charge in [-0.3, -0.25) is 0 Å². The fourth-order valence-electron chi connectivity index (χ4n) is 3.15. The van der Waals surface area contributed by atoms with E-state index in [1.807, 2.05) is 29.3 Å². The van der Waals surface area contributed by atoms with Gasteiger partial charge in [0.1, 0.15) is 0 Å². The van der Waals surface area contributed by atoms with E-state index in [1.165, 1.54) is 12.8 Å². The largest absolute Gasteiger partial charge is 0.389 e. The second kappa shape index (κ2) is 10.1. The number of hydrogen-bond acceptors (Lipinski definition) is 0. The lowest BCUT2D eigenvalue weighted by Gasteiger charge is -2.22. The van der Waals surface area contributed by atoms with Crippen molar-refractivity contribution < 1.29 is 13.2 Å². The highest BCUT2D eigenvalue weighted by molar-refractivity contribution is 9.11. The summed E-state index contributed by atoms with van der Waals surface area (Å²) in [6, 6.07) is 7.92. The molecule has 136 valence electrons. The molecule has 2 rings (SSSR count). The maximum absolute atomic E-state index is 12.1. The lowest BCUT2D eigenvalue weighted by molar-refractivity contribution is -0.135. The van der Waals surface area contributed by atoms with Crippen molar-refractivity contribution in [2.75, 3.05) is 0 Å². The van der Waals surface area contributed by atoms with Crippen molar-refractivity contribution in [2.45, 2.75) is 57.5 Å². The molecule has 1 aliphatic carbocycles. The first kappa shape index (κ1) is 20.1. The van der Waals surface area contributed by atoms with Crippen LogP contribution >= 0.6 is 15.9 Å². The lowest BCUT2D eigenvalue weighted by atomic mass is 9.82. The number of alkyl halides is 3. The van der Waals surface area contributed by atoms with Crippen LogP contribution in [0.5, 0.6) is 0 Å². The Morgan fingerprint density at radius 3 is 2.32 bits per heavy atom. The van der Waals surface area contributed by atoms with E-state index in [-0.39, 0.29) is 6.42 Å². The Bertz CT molecular complexity index is 597. The number of allylic oxidation sites excluding steroid dienone is 1. The lowest BCUT2D eigenvalue weighted by Crippen LogP contribution is -2.11. The Morgan fingerprint density at radius 1 is 1.04 bits per heavy atom. The van der Waals surface area contributed by atoms with E-state index in [0.29, 0.717) is 24.7 Å². The Labute approximate surface area is 157 Å². The summed E-state index contributed by atoms with van der Waals surface area (Å²) >= 11 is 3.34. The van der Waals surface area contributed by atoms with Gasteiger partial charge in [0.15, 0.2) is 0 Å². The van der Waals surface area contributed by atoms with Gasteiger partial charge in [-0.25, -0.2) is 0 Å². The molecule has 1 fully saturated rings. The van der Waals surface area contributed by atoms with Crippen molar-refractivity contribution in [3.63, 3.8) is 0 Å². The minimum atomic E-state index is -4.04. The molecule has 1 saturated carbocycles. The fourth-order valence-corrected chi connectivity index (χ4v) is 3.59. The second-order valence-corrected chi connectivity index (χ2v) is 7.25. The van der Waals surface area contributed by atoms with Crippen molar-refractivity contribution in [2.24, 2.45) is 11.8 Å². The van der Waals surface area contributed by atoms with Crippen LogP contribution in [-0.4, -0.2) is 6.18 Å². The standard InChI is InChI=1S/C21H24BrF3/c22-16-14-20-12-10-19(11-13-20)9-8-18-6-4-17(5-7-18)3-1-2-15-21(23,24)25/h4-7,14,16,19-20H,1-3,10-13,15H2/b16-14+. The Balaban J connectivity index is 1.75. The van der Waals surface area contributed by atoms with Crippen molar-refractivity contribution >= 4 is 15.9 Å². The number of halogens is 4. The van der Waals surface area contributed by atoms with Gasteiger partial charge in [0.2, 0.25) is 0 Å². The van der Waals surface area contributed by atoms with E-state index in [2.05, 4.69) is 33.8 Å². The quantitative estimate of drug-likeness (QED) is 0.359. The van der Waals surface area contributed by atoms with Gasteiger partial charge in [-0.05, 0) is 73.5 Å². The van der Waals surface area contributed by atoms with Gasteiger partial charge in [-0.15, -0.1) is 0 Å². The van der Waals surface area contributed by atoms with Crippen LogP contribution in [0.4, 0.5) is 13.2 Å². The molecule has 0 aliphatic heterocycles. The first-order valence-corrected chi connectivity index (χ1v) is 9.82. The topological polar surface area (TPSA) is 0 Å². The number of unbranched alkanes of at least 4 members (excludes halogenated alkanes) is 1. The van der Waals surface area contributed by atoms with Gasteiger partial charge >= 0.3 is 6.18 Å². The minimum absolute atomic E-state index is 0.192. The normalized spacial score (nSPS) is 21.1. The predicted octanol–water partition coefficient (Wildman–Crippen LogP) is 7.03. The van der Waals surface area contributed by atoms with E-state index < -0.39 is 12.6 Å². The van der Waals surface area contributed by atoms with Crippen LogP contribution in [0.1, 0.15) is 56.1 Å². The number of rotatable bonds is 5. The maximum Gasteiger partial charge on any atom is 0.389 e. The zero-order chi connectivity index (χ0) is 18.1. The SMILES string of the molecule is FC(F)(F)CCCCc1ccc(C#CC2CCC(/C=C/Br)CC2)cc1. The summed E-state index contributed by atoms with van der Waals surface area (Å²) < 4.78 is 36.3. The van der Waals surface area contributed by atoms with Crippen molar-refractivity contribution in [1.29, 1.82) is 0 Å². The first-order valence-electron chi connectivity index (χ1n) is 8.90. The van der Waals surface area contributed by atoms with Crippen LogP contribution in [0.15, 0.2) is 35.3 Å². The Kier molecular flexibility index (Phi) is 8.09. The van der Waals surface area contributed by atoms with Crippen molar-refractivity contribution in [1.82, 2.24) is 0 Å². The smallest absolute Gasteiger partial charge is 0.171 e. The van der Waals surface area contributed by atoms with E-state index in [1.54, 1.807) is 0 Å². The third-order valence-electron chi connectivity index (χ3n) is 4.67. The number of benzene rings is 1. The molecule has 0 amide bonds. The summed E-state index contributed by atoms with van der Waals surface area (Å²) in [6.07, 6.45) is 3.61.